The summed E-state index contributed by atoms with van der Waals surface area (Å²) in [6.45, 7) is 1.73. The Balaban J connectivity index is 2.47. The van der Waals surface area contributed by atoms with Crippen LogP contribution in [0, 0.1) is 0 Å². The summed E-state index contributed by atoms with van der Waals surface area (Å²) in [7, 11) is 0. The van der Waals surface area contributed by atoms with Crippen LogP contribution in [0.15, 0.2) is 48.8 Å². The zero-order valence-corrected chi connectivity index (χ0v) is 9.65. The fourth-order valence-corrected chi connectivity index (χ4v) is 1.80. The van der Waals surface area contributed by atoms with Crippen molar-refractivity contribution in [2.24, 2.45) is 0 Å². The molecule has 0 aliphatic heterocycles. The van der Waals surface area contributed by atoms with Crippen LogP contribution in [0.2, 0.25) is 5.02 Å². The van der Waals surface area contributed by atoms with Crippen LogP contribution in [0.3, 0.4) is 0 Å². The number of aliphatic hydroxyl groups is 1. The van der Waals surface area contributed by atoms with Crippen molar-refractivity contribution >= 4 is 11.6 Å². The normalized spacial score (nSPS) is 14.4. The van der Waals surface area contributed by atoms with Gasteiger partial charge in [0.2, 0.25) is 0 Å². The van der Waals surface area contributed by atoms with Gasteiger partial charge in [-0.2, -0.15) is 0 Å². The van der Waals surface area contributed by atoms with Crippen molar-refractivity contribution in [2.75, 3.05) is 0 Å². The third kappa shape index (κ3) is 2.08. The lowest BCUT2D eigenvalue weighted by Gasteiger charge is -2.24. The summed E-state index contributed by atoms with van der Waals surface area (Å²) in [5.41, 5.74) is 0.435. The topological polar surface area (TPSA) is 33.1 Å². The minimum atomic E-state index is -1.07. The summed E-state index contributed by atoms with van der Waals surface area (Å²) in [5, 5.41) is 11.1. The highest BCUT2D eigenvalue weighted by Crippen LogP contribution is 2.29. The van der Waals surface area contributed by atoms with Gasteiger partial charge in [-0.3, -0.25) is 4.98 Å². The molecule has 0 aliphatic carbocycles. The second-order valence-electron chi connectivity index (χ2n) is 3.82. The van der Waals surface area contributed by atoms with Crippen molar-refractivity contribution in [2.45, 2.75) is 12.5 Å². The highest BCUT2D eigenvalue weighted by molar-refractivity contribution is 6.30. The summed E-state index contributed by atoms with van der Waals surface area (Å²) >= 11 is 5.91. The molecule has 0 bridgehead atoms. The molecule has 1 N–H and O–H groups in total. The standard InChI is InChI=1S/C13H12ClNO/c1-13(16,11-5-3-7-15-9-11)10-4-2-6-12(14)8-10/h2-9,16H,1H3/t13-/m1/s1. The predicted molar refractivity (Wildman–Crippen MR) is 64.4 cm³/mol. The highest BCUT2D eigenvalue weighted by atomic mass is 35.5. The van der Waals surface area contributed by atoms with Gasteiger partial charge in [0, 0.05) is 23.0 Å². The van der Waals surface area contributed by atoms with Crippen LogP contribution >= 0.6 is 11.6 Å². The van der Waals surface area contributed by atoms with Gasteiger partial charge in [-0.25, -0.2) is 0 Å². The smallest absolute Gasteiger partial charge is 0.113 e. The van der Waals surface area contributed by atoms with Crippen molar-refractivity contribution in [3.05, 3.63) is 64.9 Å². The fourth-order valence-electron chi connectivity index (χ4n) is 1.61. The van der Waals surface area contributed by atoms with Gasteiger partial charge in [-0.05, 0) is 30.7 Å². The van der Waals surface area contributed by atoms with E-state index in [1.54, 1.807) is 37.5 Å². The minimum Gasteiger partial charge on any atom is -0.381 e. The van der Waals surface area contributed by atoms with E-state index in [1.807, 2.05) is 18.2 Å². The molecule has 1 atom stereocenters. The zero-order chi connectivity index (χ0) is 11.6. The molecule has 1 aromatic carbocycles. The summed E-state index contributed by atoms with van der Waals surface area (Å²) in [6.07, 6.45) is 3.33. The van der Waals surface area contributed by atoms with Crippen molar-refractivity contribution < 1.29 is 5.11 Å². The molecule has 2 nitrogen and oxygen atoms in total. The van der Waals surface area contributed by atoms with Gasteiger partial charge in [-0.1, -0.05) is 29.8 Å². The molecule has 0 unspecified atom stereocenters. The Bertz CT molecular complexity index is 482. The molecule has 0 saturated carbocycles. The van der Waals surface area contributed by atoms with Crippen LogP contribution in [0.4, 0.5) is 0 Å². The molecule has 16 heavy (non-hydrogen) atoms. The van der Waals surface area contributed by atoms with Gasteiger partial charge >= 0.3 is 0 Å². The fraction of sp³-hybridized carbons (Fsp3) is 0.154. The summed E-state index contributed by atoms with van der Waals surface area (Å²) in [6, 6.07) is 10.8. The third-order valence-corrected chi connectivity index (χ3v) is 2.85. The maximum absolute atomic E-state index is 10.5. The average Bonchev–Trinajstić information content (AvgIpc) is 2.30. The van der Waals surface area contributed by atoms with E-state index in [1.165, 1.54) is 0 Å². The van der Waals surface area contributed by atoms with E-state index < -0.39 is 5.60 Å². The summed E-state index contributed by atoms with van der Waals surface area (Å²) < 4.78 is 0. The Morgan fingerprint density at radius 1 is 1.19 bits per heavy atom. The maximum Gasteiger partial charge on any atom is 0.113 e. The molecule has 0 aliphatic rings. The Hall–Kier alpha value is -1.38. The lowest BCUT2D eigenvalue weighted by Crippen LogP contribution is -2.22. The van der Waals surface area contributed by atoms with Crippen LogP contribution in [-0.2, 0) is 5.60 Å². The average molecular weight is 234 g/mol. The summed E-state index contributed by atoms with van der Waals surface area (Å²) in [4.78, 5) is 4.01. The summed E-state index contributed by atoms with van der Waals surface area (Å²) in [5.74, 6) is 0. The lowest BCUT2D eigenvalue weighted by atomic mass is 9.89. The first kappa shape index (κ1) is 11.1. The molecule has 0 spiro atoms. The van der Waals surface area contributed by atoms with Crippen LogP contribution < -0.4 is 0 Å². The Morgan fingerprint density at radius 2 is 1.94 bits per heavy atom. The molecular weight excluding hydrogens is 222 g/mol. The van der Waals surface area contributed by atoms with E-state index >= 15 is 0 Å². The predicted octanol–water partition coefficient (Wildman–Crippen LogP) is 2.99. The molecule has 82 valence electrons. The molecule has 2 aromatic rings. The van der Waals surface area contributed by atoms with Gasteiger partial charge < -0.3 is 5.11 Å². The van der Waals surface area contributed by atoms with E-state index in [4.69, 9.17) is 11.6 Å². The first-order chi connectivity index (χ1) is 7.60. The maximum atomic E-state index is 10.5. The zero-order valence-electron chi connectivity index (χ0n) is 8.89. The number of hydrogen-bond acceptors (Lipinski definition) is 2. The third-order valence-electron chi connectivity index (χ3n) is 2.61. The molecule has 0 fully saturated rings. The minimum absolute atomic E-state index is 0.613. The SMILES string of the molecule is C[C@](O)(c1cccnc1)c1cccc(Cl)c1. The molecule has 1 aromatic heterocycles. The van der Waals surface area contributed by atoms with Crippen LogP contribution in [0.25, 0.3) is 0 Å². The first-order valence-electron chi connectivity index (χ1n) is 4.99. The van der Waals surface area contributed by atoms with Crippen LogP contribution in [0.1, 0.15) is 18.1 Å². The van der Waals surface area contributed by atoms with Crippen molar-refractivity contribution in [3.8, 4) is 0 Å². The molecule has 0 saturated heterocycles. The molecule has 1 heterocycles. The molecule has 3 heteroatoms. The van der Waals surface area contributed by atoms with E-state index in [2.05, 4.69) is 4.98 Å². The number of pyridine rings is 1. The van der Waals surface area contributed by atoms with Crippen LogP contribution in [0.5, 0.6) is 0 Å². The van der Waals surface area contributed by atoms with Gasteiger partial charge in [0.1, 0.15) is 5.60 Å². The Labute approximate surface area is 99.5 Å². The number of halogens is 1. The van der Waals surface area contributed by atoms with E-state index in [9.17, 15) is 5.11 Å². The van der Waals surface area contributed by atoms with Gasteiger partial charge in [0.25, 0.3) is 0 Å². The molecule has 0 amide bonds. The van der Waals surface area contributed by atoms with Gasteiger partial charge in [-0.15, -0.1) is 0 Å². The number of nitrogens with zero attached hydrogens (tertiary/aromatic N) is 1. The van der Waals surface area contributed by atoms with Gasteiger partial charge in [0.15, 0.2) is 0 Å². The molecular formula is C13H12ClNO. The number of benzene rings is 1. The number of rotatable bonds is 2. The van der Waals surface area contributed by atoms with E-state index in [0.29, 0.717) is 5.02 Å². The van der Waals surface area contributed by atoms with Gasteiger partial charge in [0.05, 0.1) is 0 Å². The monoisotopic (exact) mass is 233 g/mol. The van der Waals surface area contributed by atoms with Crippen molar-refractivity contribution in [1.29, 1.82) is 0 Å². The Kier molecular flexibility index (Phi) is 2.95. The largest absolute Gasteiger partial charge is 0.381 e. The van der Waals surface area contributed by atoms with E-state index in [-0.39, 0.29) is 0 Å². The first-order valence-corrected chi connectivity index (χ1v) is 5.37. The lowest BCUT2D eigenvalue weighted by molar-refractivity contribution is 0.102. The highest BCUT2D eigenvalue weighted by Gasteiger charge is 2.25. The van der Waals surface area contributed by atoms with E-state index in [0.717, 1.165) is 11.1 Å². The van der Waals surface area contributed by atoms with Crippen molar-refractivity contribution in [1.82, 2.24) is 4.98 Å². The quantitative estimate of drug-likeness (QED) is 0.865. The second-order valence-corrected chi connectivity index (χ2v) is 4.26. The molecule has 2 rings (SSSR count). The molecule has 0 radical (unpaired) electrons. The van der Waals surface area contributed by atoms with Crippen LogP contribution in [-0.4, -0.2) is 10.1 Å². The number of aromatic nitrogens is 1. The number of hydrogen-bond donors (Lipinski definition) is 1. The van der Waals surface area contributed by atoms with Crippen molar-refractivity contribution in [3.63, 3.8) is 0 Å². The Morgan fingerprint density at radius 3 is 2.56 bits per heavy atom. The second kappa shape index (κ2) is 4.24.